The minimum absolute atomic E-state index is 0.0433. The Kier molecular flexibility index (Phi) is 6.31. The summed E-state index contributed by atoms with van der Waals surface area (Å²) in [6.07, 6.45) is 0. The molecule has 7 heteroatoms. The molecule has 0 aromatic heterocycles. The van der Waals surface area contributed by atoms with E-state index in [-0.39, 0.29) is 19.0 Å². The highest BCUT2D eigenvalue weighted by Crippen LogP contribution is 2.27. The highest BCUT2D eigenvalue weighted by atomic mass is 16.5. The standard InChI is InChI=1S/C13H18N2O5/c1-19-10-4-3-9(5-11(10)20-2)6-14-7-12(16)15-8-13(17)18/h3-5,14H,6-8H2,1-2H3,(H,15,16)(H,17,18). The summed E-state index contributed by atoms with van der Waals surface area (Å²) >= 11 is 0. The van der Waals surface area contributed by atoms with Crippen molar-refractivity contribution in [1.29, 1.82) is 0 Å². The lowest BCUT2D eigenvalue weighted by atomic mass is 10.2. The molecule has 7 nitrogen and oxygen atoms in total. The van der Waals surface area contributed by atoms with Gasteiger partial charge in [-0.25, -0.2) is 0 Å². The SMILES string of the molecule is COc1ccc(CNCC(=O)NCC(=O)O)cc1OC. The van der Waals surface area contributed by atoms with Crippen LogP contribution in [0.25, 0.3) is 0 Å². The molecule has 0 aliphatic rings. The fraction of sp³-hybridized carbons (Fsp3) is 0.385. The Balaban J connectivity index is 2.42. The lowest BCUT2D eigenvalue weighted by molar-refractivity contribution is -0.137. The normalized spacial score (nSPS) is 9.90. The first kappa shape index (κ1) is 15.8. The van der Waals surface area contributed by atoms with Crippen LogP contribution in [0.15, 0.2) is 18.2 Å². The van der Waals surface area contributed by atoms with E-state index in [2.05, 4.69) is 10.6 Å². The molecule has 0 heterocycles. The average Bonchev–Trinajstić information content (AvgIpc) is 2.44. The predicted molar refractivity (Wildman–Crippen MR) is 71.9 cm³/mol. The molecule has 1 aromatic carbocycles. The second-order valence-corrected chi connectivity index (χ2v) is 3.96. The maximum Gasteiger partial charge on any atom is 0.322 e. The number of aliphatic carboxylic acids is 1. The summed E-state index contributed by atoms with van der Waals surface area (Å²) < 4.78 is 10.3. The topological polar surface area (TPSA) is 96.9 Å². The molecule has 0 aliphatic carbocycles. The third-order valence-corrected chi connectivity index (χ3v) is 2.50. The summed E-state index contributed by atoms with van der Waals surface area (Å²) in [6.45, 7) is 0.124. The Bertz CT molecular complexity index is 476. The fourth-order valence-electron chi connectivity index (χ4n) is 1.55. The molecule has 0 aliphatic heterocycles. The maximum atomic E-state index is 11.3. The van der Waals surface area contributed by atoms with Crippen LogP contribution in [0.3, 0.4) is 0 Å². The molecule has 110 valence electrons. The molecule has 3 N–H and O–H groups in total. The second-order valence-electron chi connectivity index (χ2n) is 3.96. The molecule has 1 aromatic rings. The van der Waals surface area contributed by atoms with Crippen LogP contribution in [0, 0.1) is 0 Å². The van der Waals surface area contributed by atoms with Crippen LogP contribution in [-0.2, 0) is 16.1 Å². The Labute approximate surface area is 116 Å². The van der Waals surface area contributed by atoms with Crippen molar-refractivity contribution in [2.24, 2.45) is 0 Å². The van der Waals surface area contributed by atoms with E-state index in [0.717, 1.165) is 5.56 Å². The minimum atomic E-state index is -1.07. The molecular weight excluding hydrogens is 264 g/mol. The predicted octanol–water partition coefficient (Wildman–Crippen LogP) is -0.00580. The first-order chi connectivity index (χ1) is 9.56. The molecule has 20 heavy (non-hydrogen) atoms. The third-order valence-electron chi connectivity index (χ3n) is 2.50. The van der Waals surface area contributed by atoms with E-state index >= 15 is 0 Å². The van der Waals surface area contributed by atoms with Crippen LogP contribution in [0.5, 0.6) is 11.5 Å². The van der Waals surface area contributed by atoms with E-state index in [4.69, 9.17) is 14.6 Å². The van der Waals surface area contributed by atoms with E-state index in [9.17, 15) is 9.59 Å². The van der Waals surface area contributed by atoms with Gasteiger partial charge >= 0.3 is 5.97 Å². The Morgan fingerprint density at radius 3 is 2.45 bits per heavy atom. The molecule has 0 unspecified atom stereocenters. The zero-order chi connectivity index (χ0) is 15.0. The van der Waals surface area contributed by atoms with Gasteiger partial charge in [0.2, 0.25) is 5.91 Å². The fourth-order valence-corrected chi connectivity index (χ4v) is 1.55. The van der Waals surface area contributed by atoms with Crippen molar-refractivity contribution in [3.05, 3.63) is 23.8 Å². The summed E-state index contributed by atoms with van der Waals surface area (Å²) in [5.74, 6) is -0.191. The van der Waals surface area contributed by atoms with Crippen molar-refractivity contribution in [3.63, 3.8) is 0 Å². The van der Waals surface area contributed by atoms with Gasteiger partial charge in [-0.15, -0.1) is 0 Å². The molecule has 0 saturated heterocycles. The van der Waals surface area contributed by atoms with E-state index in [0.29, 0.717) is 18.0 Å². The quantitative estimate of drug-likeness (QED) is 0.621. The molecule has 0 saturated carbocycles. The van der Waals surface area contributed by atoms with Crippen molar-refractivity contribution in [3.8, 4) is 11.5 Å². The molecule has 1 rings (SSSR count). The van der Waals surface area contributed by atoms with Gasteiger partial charge in [0.15, 0.2) is 11.5 Å². The van der Waals surface area contributed by atoms with E-state index in [1.165, 1.54) is 0 Å². The number of carboxylic acid groups (broad SMARTS) is 1. The van der Waals surface area contributed by atoms with Crippen LogP contribution < -0.4 is 20.1 Å². The van der Waals surface area contributed by atoms with Crippen LogP contribution in [-0.4, -0.2) is 44.3 Å². The van der Waals surface area contributed by atoms with Crippen molar-refractivity contribution in [2.75, 3.05) is 27.3 Å². The van der Waals surface area contributed by atoms with Crippen LogP contribution >= 0.6 is 0 Å². The lowest BCUT2D eigenvalue weighted by Crippen LogP contribution is -2.36. The van der Waals surface area contributed by atoms with Gasteiger partial charge in [0.25, 0.3) is 0 Å². The number of carboxylic acids is 1. The van der Waals surface area contributed by atoms with Crippen LogP contribution in [0.2, 0.25) is 0 Å². The zero-order valence-electron chi connectivity index (χ0n) is 11.4. The molecule has 0 bridgehead atoms. The maximum absolute atomic E-state index is 11.3. The zero-order valence-corrected chi connectivity index (χ0v) is 11.4. The van der Waals surface area contributed by atoms with Gasteiger partial charge in [-0.3, -0.25) is 9.59 Å². The molecule has 0 radical (unpaired) electrons. The highest BCUT2D eigenvalue weighted by molar-refractivity contribution is 5.82. The minimum Gasteiger partial charge on any atom is -0.493 e. The van der Waals surface area contributed by atoms with Crippen LogP contribution in [0.4, 0.5) is 0 Å². The van der Waals surface area contributed by atoms with Crippen molar-refractivity contribution >= 4 is 11.9 Å². The van der Waals surface area contributed by atoms with E-state index < -0.39 is 5.97 Å². The number of methoxy groups -OCH3 is 2. The first-order valence-corrected chi connectivity index (χ1v) is 5.97. The Morgan fingerprint density at radius 2 is 1.85 bits per heavy atom. The number of amides is 1. The Hall–Kier alpha value is -2.28. The highest BCUT2D eigenvalue weighted by Gasteiger charge is 2.06. The number of carbonyl (C=O) groups is 2. The molecule has 1 amide bonds. The van der Waals surface area contributed by atoms with Gasteiger partial charge in [-0.2, -0.15) is 0 Å². The number of hydrogen-bond acceptors (Lipinski definition) is 5. The molecular formula is C13H18N2O5. The van der Waals surface area contributed by atoms with Gasteiger partial charge in [0.1, 0.15) is 6.54 Å². The largest absolute Gasteiger partial charge is 0.493 e. The molecule has 0 atom stereocenters. The first-order valence-electron chi connectivity index (χ1n) is 5.97. The Morgan fingerprint density at radius 1 is 1.15 bits per heavy atom. The van der Waals surface area contributed by atoms with E-state index in [1.54, 1.807) is 26.4 Å². The molecule has 0 fully saturated rings. The third kappa shape index (κ3) is 5.15. The second kappa shape index (κ2) is 8.00. The van der Waals surface area contributed by atoms with Gasteiger partial charge in [-0.05, 0) is 17.7 Å². The monoisotopic (exact) mass is 282 g/mol. The number of benzene rings is 1. The number of hydrogen-bond donors (Lipinski definition) is 3. The van der Waals surface area contributed by atoms with Crippen LogP contribution in [0.1, 0.15) is 5.56 Å². The van der Waals surface area contributed by atoms with E-state index in [1.807, 2.05) is 6.07 Å². The number of carbonyl (C=O) groups excluding carboxylic acids is 1. The number of rotatable bonds is 8. The lowest BCUT2D eigenvalue weighted by Gasteiger charge is -2.10. The van der Waals surface area contributed by atoms with Crippen molar-refractivity contribution < 1.29 is 24.2 Å². The van der Waals surface area contributed by atoms with Gasteiger partial charge < -0.3 is 25.2 Å². The smallest absolute Gasteiger partial charge is 0.322 e. The van der Waals surface area contributed by atoms with Crippen molar-refractivity contribution in [1.82, 2.24) is 10.6 Å². The molecule has 0 spiro atoms. The van der Waals surface area contributed by atoms with Crippen molar-refractivity contribution in [2.45, 2.75) is 6.54 Å². The average molecular weight is 282 g/mol. The summed E-state index contributed by atoms with van der Waals surface area (Å²) in [7, 11) is 3.11. The van der Waals surface area contributed by atoms with Gasteiger partial charge in [-0.1, -0.05) is 6.07 Å². The number of nitrogens with one attached hydrogen (secondary N) is 2. The summed E-state index contributed by atoms with van der Waals surface area (Å²) in [5.41, 5.74) is 0.925. The number of ether oxygens (including phenoxy) is 2. The summed E-state index contributed by atoms with van der Waals surface area (Å²) in [6, 6.07) is 5.44. The summed E-state index contributed by atoms with van der Waals surface area (Å²) in [5, 5.41) is 13.6. The summed E-state index contributed by atoms with van der Waals surface area (Å²) in [4.78, 5) is 21.5. The van der Waals surface area contributed by atoms with Gasteiger partial charge in [0.05, 0.1) is 20.8 Å². The van der Waals surface area contributed by atoms with Gasteiger partial charge in [0, 0.05) is 6.54 Å².